The van der Waals surface area contributed by atoms with Crippen LogP contribution in [0.5, 0.6) is 0 Å². The maximum atomic E-state index is 11.9. The van der Waals surface area contributed by atoms with Crippen LogP contribution in [-0.4, -0.2) is 44.3 Å². The number of aromatic nitrogens is 1. The molecule has 3 aromatic heterocycles. The fraction of sp³-hybridized carbons (Fsp3) is 0.190. The average molecular weight is 423 g/mol. The summed E-state index contributed by atoms with van der Waals surface area (Å²) in [7, 11) is 3.57. The molecular formula is C21H22N6O2S. The highest BCUT2D eigenvalue weighted by molar-refractivity contribution is 7.21. The topological polar surface area (TPSA) is 132 Å². The number of nitrogens with zero attached hydrogens (tertiary/aromatic N) is 2. The van der Waals surface area contributed by atoms with Gasteiger partial charge in [-0.05, 0) is 19.2 Å². The van der Waals surface area contributed by atoms with E-state index in [9.17, 15) is 4.79 Å². The van der Waals surface area contributed by atoms with Gasteiger partial charge >= 0.3 is 0 Å². The molecule has 0 aliphatic heterocycles. The van der Waals surface area contributed by atoms with Crippen molar-refractivity contribution in [3.8, 4) is 11.3 Å². The Balaban J connectivity index is 2.07. The van der Waals surface area contributed by atoms with Crippen molar-refractivity contribution < 1.29 is 9.21 Å². The van der Waals surface area contributed by atoms with Crippen molar-refractivity contribution >= 4 is 56.1 Å². The predicted molar refractivity (Wildman–Crippen MR) is 124 cm³/mol. The van der Waals surface area contributed by atoms with Crippen LogP contribution in [0.2, 0.25) is 0 Å². The molecule has 0 spiro atoms. The number of amides is 1. The lowest BCUT2D eigenvalue weighted by atomic mass is 10.0. The number of primary amides is 1. The number of para-hydroxylation sites is 1. The molecule has 154 valence electrons. The molecule has 0 unspecified atom stereocenters. The summed E-state index contributed by atoms with van der Waals surface area (Å²) in [5, 5.41) is 8.04. The van der Waals surface area contributed by atoms with Crippen LogP contribution < -0.4 is 22.1 Å². The summed E-state index contributed by atoms with van der Waals surface area (Å²) < 4.78 is 6.16. The van der Waals surface area contributed by atoms with Crippen molar-refractivity contribution in [2.45, 2.75) is 0 Å². The monoisotopic (exact) mass is 422 g/mol. The average Bonchev–Trinajstić information content (AvgIpc) is 3.30. The number of hydrogen-bond donors (Lipinski definition) is 4. The van der Waals surface area contributed by atoms with E-state index in [-0.39, 0.29) is 4.88 Å². The summed E-state index contributed by atoms with van der Waals surface area (Å²) in [5.74, 6) is 0.674. The molecule has 0 aliphatic rings. The van der Waals surface area contributed by atoms with Crippen LogP contribution in [0.1, 0.15) is 15.2 Å². The summed E-state index contributed by atoms with van der Waals surface area (Å²) in [5.41, 5.74) is 14.4. The Bertz CT molecular complexity index is 1240. The Morgan fingerprint density at radius 3 is 2.83 bits per heavy atom. The van der Waals surface area contributed by atoms with Gasteiger partial charge in [0.1, 0.15) is 26.9 Å². The first kappa shape index (κ1) is 19.9. The van der Waals surface area contributed by atoms with Gasteiger partial charge < -0.3 is 26.5 Å². The molecule has 9 heteroatoms. The van der Waals surface area contributed by atoms with E-state index in [0.717, 1.165) is 28.6 Å². The second kappa shape index (κ2) is 8.13. The number of nitrogens with one attached hydrogen (secondary N) is 2. The molecule has 8 nitrogen and oxygen atoms in total. The molecular weight excluding hydrogens is 400 g/mol. The van der Waals surface area contributed by atoms with E-state index >= 15 is 0 Å². The third kappa shape index (κ3) is 3.38. The van der Waals surface area contributed by atoms with Gasteiger partial charge in [0.2, 0.25) is 0 Å². The Kier molecular flexibility index (Phi) is 5.39. The van der Waals surface area contributed by atoms with E-state index in [4.69, 9.17) is 20.9 Å². The van der Waals surface area contributed by atoms with Gasteiger partial charge in [0.05, 0.1) is 5.69 Å². The van der Waals surface area contributed by atoms with E-state index < -0.39 is 5.91 Å². The van der Waals surface area contributed by atoms with E-state index in [1.807, 2.05) is 37.4 Å². The minimum atomic E-state index is -0.582. The first-order valence-electron chi connectivity index (χ1n) is 9.40. The van der Waals surface area contributed by atoms with Crippen LogP contribution in [-0.2, 0) is 0 Å². The summed E-state index contributed by atoms with van der Waals surface area (Å²) in [4.78, 5) is 21.8. The molecule has 0 aliphatic carbocycles. The van der Waals surface area contributed by atoms with E-state index in [0.29, 0.717) is 34.0 Å². The fourth-order valence-corrected chi connectivity index (χ4v) is 4.36. The van der Waals surface area contributed by atoms with Gasteiger partial charge in [0, 0.05) is 48.3 Å². The Labute approximate surface area is 177 Å². The summed E-state index contributed by atoms with van der Waals surface area (Å²) in [6.07, 6.45) is 1.72. The van der Waals surface area contributed by atoms with Crippen molar-refractivity contribution in [3.63, 3.8) is 0 Å². The largest absolute Gasteiger partial charge is 0.456 e. The van der Waals surface area contributed by atoms with Crippen molar-refractivity contribution in [1.82, 2.24) is 10.3 Å². The number of fused-ring (bicyclic) bond motifs is 2. The first-order valence-corrected chi connectivity index (χ1v) is 10.2. The maximum absolute atomic E-state index is 11.9. The predicted octanol–water partition coefficient (Wildman–Crippen LogP) is 3.07. The smallest absolute Gasteiger partial charge is 0.260 e. The fourth-order valence-electron chi connectivity index (χ4n) is 3.41. The number of nitrogens with two attached hydrogens (primary N) is 2. The number of nitrogen functional groups attached to an aromatic ring is 1. The minimum Gasteiger partial charge on any atom is -0.456 e. The van der Waals surface area contributed by atoms with Crippen LogP contribution in [0, 0.1) is 0 Å². The maximum Gasteiger partial charge on any atom is 0.260 e. The summed E-state index contributed by atoms with van der Waals surface area (Å²) in [6.45, 7) is 1.41. The van der Waals surface area contributed by atoms with Crippen LogP contribution in [0.15, 0.2) is 39.7 Å². The number of furan rings is 1. The van der Waals surface area contributed by atoms with Crippen molar-refractivity contribution in [2.24, 2.45) is 10.7 Å². The van der Waals surface area contributed by atoms with Gasteiger partial charge in [-0.25, -0.2) is 4.98 Å². The number of hydrogen-bond acceptors (Lipinski definition) is 8. The second-order valence-electron chi connectivity index (χ2n) is 6.70. The zero-order valence-corrected chi connectivity index (χ0v) is 17.5. The quantitative estimate of drug-likeness (QED) is 0.267. The van der Waals surface area contributed by atoms with Gasteiger partial charge in [0.25, 0.3) is 5.91 Å². The van der Waals surface area contributed by atoms with Crippen LogP contribution in [0.25, 0.3) is 32.5 Å². The molecule has 3 heterocycles. The SMILES string of the molecule is CN=Cc1c(NCCNC)nc2sc(C(N)=O)c(N)c2c1-c1cc2ccccc2o1. The molecule has 0 radical (unpaired) electrons. The van der Waals surface area contributed by atoms with Crippen molar-refractivity contribution in [2.75, 3.05) is 38.2 Å². The highest BCUT2D eigenvalue weighted by Gasteiger charge is 2.25. The van der Waals surface area contributed by atoms with Gasteiger partial charge in [-0.2, -0.15) is 0 Å². The highest BCUT2D eigenvalue weighted by atomic mass is 32.1. The third-order valence-corrected chi connectivity index (χ3v) is 5.85. The van der Waals surface area contributed by atoms with E-state index in [2.05, 4.69) is 15.6 Å². The Morgan fingerprint density at radius 1 is 1.33 bits per heavy atom. The first-order chi connectivity index (χ1) is 14.5. The van der Waals surface area contributed by atoms with Crippen LogP contribution in [0.3, 0.4) is 0 Å². The molecule has 0 atom stereocenters. The Morgan fingerprint density at radius 2 is 2.13 bits per heavy atom. The zero-order valence-electron chi connectivity index (χ0n) is 16.7. The lowest BCUT2D eigenvalue weighted by molar-refractivity contribution is 0.100. The molecule has 4 aromatic rings. The number of likely N-dealkylation sites (N-methyl/N-ethyl adjacent to an activating group) is 1. The number of pyridine rings is 1. The summed E-state index contributed by atoms with van der Waals surface area (Å²) in [6, 6.07) is 9.71. The lowest BCUT2D eigenvalue weighted by Crippen LogP contribution is -2.19. The molecule has 6 N–H and O–H groups in total. The van der Waals surface area contributed by atoms with Gasteiger partial charge in [-0.3, -0.25) is 9.79 Å². The second-order valence-corrected chi connectivity index (χ2v) is 7.70. The molecule has 0 fully saturated rings. The molecule has 30 heavy (non-hydrogen) atoms. The Hall–Kier alpha value is -3.43. The van der Waals surface area contributed by atoms with Gasteiger partial charge in [0.15, 0.2) is 0 Å². The van der Waals surface area contributed by atoms with Gasteiger partial charge in [-0.15, -0.1) is 11.3 Å². The standard InChI is InChI=1S/C21H22N6O2S/c1-24-7-8-26-20-12(10-25-2)15(14-9-11-5-3-4-6-13(11)29-14)16-17(22)18(19(23)28)30-21(16)27-20/h3-6,9-10,24H,7-8,22H2,1-2H3,(H2,23,28)(H,26,27). The number of benzene rings is 1. The van der Waals surface area contributed by atoms with Gasteiger partial charge in [-0.1, -0.05) is 18.2 Å². The molecule has 1 amide bonds. The minimum absolute atomic E-state index is 0.279. The molecule has 0 bridgehead atoms. The number of thiophene rings is 1. The number of aliphatic imine (C=N–C) groups is 1. The molecule has 0 saturated carbocycles. The summed E-state index contributed by atoms with van der Waals surface area (Å²) >= 11 is 1.18. The normalized spacial score (nSPS) is 11.7. The van der Waals surface area contributed by atoms with Crippen LogP contribution >= 0.6 is 11.3 Å². The number of rotatable bonds is 7. The molecule has 1 aromatic carbocycles. The van der Waals surface area contributed by atoms with Crippen LogP contribution in [0.4, 0.5) is 11.5 Å². The van der Waals surface area contributed by atoms with E-state index in [1.54, 1.807) is 13.3 Å². The molecule has 4 rings (SSSR count). The highest BCUT2D eigenvalue weighted by Crippen LogP contribution is 2.44. The van der Waals surface area contributed by atoms with Crippen molar-refractivity contribution in [3.05, 3.63) is 40.8 Å². The van der Waals surface area contributed by atoms with E-state index in [1.165, 1.54) is 11.3 Å². The zero-order chi connectivity index (χ0) is 21.3. The number of carbonyl (C=O) groups is 1. The lowest BCUT2D eigenvalue weighted by Gasteiger charge is -2.13. The number of carbonyl (C=O) groups excluding carboxylic acids is 1. The number of anilines is 2. The van der Waals surface area contributed by atoms with Crippen molar-refractivity contribution in [1.29, 1.82) is 0 Å². The third-order valence-electron chi connectivity index (χ3n) is 4.74. The molecule has 0 saturated heterocycles.